The van der Waals surface area contributed by atoms with Gasteiger partial charge in [-0.2, -0.15) is 4.98 Å². The number of aromatic nitrogens is 3. The molecule has 5 aliphatic rings. The molecule has 2 aromatic heterocycles. The van der Waals surface area contributed by atoms with E-state index >= 15 is 0 Å². The lowest BCUT2D eigenvalue weighted by atomic mass is 9.49. The maximum absolute atomic E-state index is 13.2. The first-order valence-corrected chi connectivity index (χ1v) is 18.9. The van der Waals surface area contributed by atoms with E-state index in [0.29, 0.717) is 23.1 Å². The van der Waals surface area contributed by atoms with Gasteiger partial charge in [0.15, 0.2) is 20.0 Å². The third-order valence-electron chi connectivity index (χ3n) is 11.1. The summed E-state index contributed by atoms with van der Waals surface area (Å²) in [5.74, 6) is 5.63. The van der Waals surface area contributed by atoms with Crippen LogP contribution in [0.3, 0.4) is 0 Å². The van der Waals surface area contributed by atoms with Gasteiger partial charge in [0.25, 0.3) is 0 Å². The van der Waals surface area contributed by atoms with Gasteiger partial charge < -0.3 is 28.9 Å². The van der Waals surface area contributed by atoms with Crippen LogP contribution < -0.4 is 5.73 Å². The van der Waals surface area contributed by atoms with Crippen molar-refractivity contribution < 1.29 is 23.4 Å². The number of nitrogens with two attached hydrogens (primary N) is 1. The molecular weight excluding hydrogens is 584 g/mol. The van der Waals surface area contributed by atoms with Gasteiger partial charge in [0.05, 0.1) is 18.6 Å². The molecule has 9 nitrogen and oxygen atoms in total. The zero-order valence-corrected chi connectivity index (χ0v) is 27.8. The van der Waals surface area contributed by atoms with E-state index in [-0.39, 0.29) is 29.2 Å². The fourth-order valence-electron chi connectivity index (χ4n) is 8.21. The minimum absolute atomic E-state index is 0.0304. The number of nitrogens with zero attached hydrogens (tertiary/aromatic N) is 3. The van der Waals surface area contributed by atoms with Gasteiger partial charge in [0, 0.05) is 12.6 Å². The zero-order chi connectivity index (χ0) is 30.8. The molecular formula is C32H45ClN4O5Si. The van der Waals surface area contributed by atoms with Gasteiger partial charge in [-0.3, -0.25) is 0 Å². The number of carbonyl (C=O) groups excluding carboxylic acids is 1. The van der Waals surface area contributed by atoms with Crippen LogP contribution in [0.1, 0.15) is 78.4 Å². The van der Waals surface area contributed by atoms with Crippen LogP contribution in [-0.4, -0.2) is 53.9 Å². The van der Waals surface area contributed by atoms with Crippen LogP contribution in [0, 0.1) is 35.5 Å². The minimum Gasteiger partial charge on any atom is -0.434 e. The summed E-state index contributed by atoms with van der Waals surface area (Å²) in [6, 6.07) is 1.81. The number of hydrogen-bond donors (Lipinski definition) is 1. The fraction of sp³-hybridized carbons (Fsp3) is 0.719. The number of halogens is 1. The number of nitrogen functional groups attached to an aromatic ring is 1. The quantitative estimate of drug-likeness (QED) is 0.143. The third-order valence-corrected chi connectivity index (χ3v) is 15.8. The van der Waals surface area contributed by atoms with Crippen molar-refractivity contribution in [2.45, 2.75) is 108 Å². The molecule has 1 aliphatic heterocycles. The highest BCUT2D eigenvalue weighted by atomic mass is 35.5. The van der Waals surface area contributed by atoms with Crippen molar-refractivity contribution >= 4 is 42.9 Å². The van der Waals surface area contributed by atoms with Gasteiger partial charge >= 0.3 is 6.16 Å². The predicted molar refractivity (Wildman–Crippen MR) is 168 cm³/mol. The molecule has 3 atom stereocenters. The monoisotopic (exact) mass is 628 g/mol. The summed E-state index contributed by atoms with van der Waals surface area (Å²) in [6.45, 7) is 11.2. The van der Waals surface area contributed by atoms with E-state index < -0.39 is 32.4 Å². The topological polar surface area (TPSA) is 111 Å². The van der Waals surface area contributed by atoms with Crippen LogP contribution >= 0.6 is 11.6 Å². The number of fused-ring (bicyclic) bond motifs is 1. The average molecular weight is 629 g/mol. The molecule has 0 unspecified atom stereocenters. The molecule has 3 heterocycles. The molecule has 43 heavy (non-hydrogen) atoms. The average Bonchev–Trinajstić information content (AvgIpc) is 3.48. The summed E-state index contributed by atoms with van der Waals surface area (Å²) in [6.07, 6.45) is 15.0. The first-order chi connectivity index (χ1) is 20.2. The molecule has 0 amide bonds. The summed E-state index contributed by atoms with van der Waals surface area (Å²) in [7, 11) is -2.22. The first kappa shape index (κ1) is 30.7. The number of terminal acetylenes is 1. The van der Waals surface area contributed by atoms with Crippen molar-refractivity contribution in [3.8, 4) is 12.3 Å². The summed E-state index contributed by atoms with van der Waals surface area (Å²) in [5, 5.41) is 0.628. The largest absolute Gasteiger partial charge is 0.508 e. The Bertz CT molecular complexity index is 1400. The lowest BCUT2D eigenvalue weighted by Gasteiger charge is -2.57. The highest BCUT2D eigenvalue weighted by Crippen LogP contribution is 2.61. The second kappa shape index (κ2) is 10.9. The number of carbonyl (C=O) groups is 1. The van der Waals surface area contributed by atoms with Crippen LogP contribution in [0.25, 0.3) is 11.0 Å². The lowest BCUT2D eigenvalue weighted by molar-refractivity contribution is -0.0978. The first-order valence-electron chi connectivity index (χ1n) is 15.6. The number of ether oxygens (including phenoxy) is 3. The van der Waals surface area contributed by atoms with E-state index in [1.807, 2.05) is 0 Å². The predicted octanol–water partition coefficient (Wildman–Crippen LogP) is 7.11. The van der Waals surface area contributed by atoms with Gasteiger partial charge in [-0.25, -0.2) is 9.78 Å². The Hall–Kier alpha value is -2.32. The van der Waals surface area contributed by atoms with E-state index in [4.69, 9.17) is 42.4 Å². The fourth-order valence-corrected chi connectivity index (χ4v) is 9.39. The molecule has 4 bridgehead atoms. The molecule has 4 aliphatic carbocycles. The zero-order valence-electron chi connectivity index (χ0n) is 26.0. The Kier molecular flexibility index (Phi) is 7.80. The molecule has 2 N–H and O–H groups in total. The van der Waals surface area contributed by atoms with E-state index in [1.165, 1.54) is 38.5 Å². The Morgan fingerprint density at radius 1 is 1.19 bits per heavy atom. The van der Waals surface area contributed by atoms with Crippen molar-refractivity contribution in [2.24, 2.45) is 23.2 Å². The molecule has 0 radical (unpaired) electrons. The van der Waals surface area contributed by atoms with Crippen molar-refractivity contribution in [3.63, 3.8) is 0 Å². The Morgan fingerprint density at radius 2 is 1.84 bits per heavy atom. The van der Waals surface area contributed by atoms with E-state index in [9.17, 15) is 4.79 Å². The minimum atomic E-state index is -2.22. The highest BCUT2D eigenvalue weighted by molar-refractivity contribution is 6.74. The Morgan fingerprint density at radius 3 is 2.44 bits per heavy atom. The van der Waals surface area contributed by atoms with Crippen LogP contribution in [0.15, 0.2) is 12.3 Å². The van der Waals surface area contributed by atoms with Gasteiger partial charge in [0.1, 0.15) is 17.7 Å². The van der Waals surface area contributed by atoms with Gasteiger partial charge in [-0.15, -0.1) is 6.42 Å². The maximum Gasteiger partial charge on any atom is 0.508 e. The number of hydrogen-bond acceptors (Lipinski definition) is 8. The van der Waals surface area contributed by atoms with E-state index in [0.717, 1.165) is 24.2 Å². The second-order valence-electron chi connectivity index (χ2n) is 15.1. The lowest BCUT2D eigenvalue weighted by Crippen LogP contribution is -2.50. The van der Waals surface area contributed by atoms with Crippen LogP contribution in [0.5, 0.6) is 0 Å². The summed E-state index contributed by atoms with van der Waals surface area (Å²) in [5.41, 5.74) is 5.60. The molecule has 234 valence electrons. The third kappa shape index (κ3) is 5.78. The van der Waals surface area contributed by atoms with Gasteiger partial charge in [-0.05, 0) is 104 Å². The van der Waals surface area contributed by atoms with E-state index in [2.05, 4.69) is 49.8 Å². The summed E-state index contributed by atoms with van der Waals surface area (Å²) >= 11 is 6.14. The molecule has 2 aromatic rings. The molecule has 1 saturated heterocycles. The van der Waals surface area contributed by atoms with Crippen LogP contribution in [0.4, 0.5) is 10.6 Å². The Balaban J connectivity index is 1.18. The number of anilines is 1. The molecule has 0 spiro atoms. The summed E-state index contributed by atoms with van der Waals surface area (Å²) in [4.78, 5) is 21.6. The van der Waals surface area contributed by atoms with Crippen molar-refractivity contribution in [3.05, 3.63) is 17.5 Å². The van der Waals surface area contributed by atoms with Crippen LogP contribution in [0.2, 0.25) is 23.4 Å². The highest BCUT2D eigenvalue weighted by Gasteiger charge is 2.54. The van der Waals surface area contributed by atoms with Crippen molar-refractivity contribution in [2.75, 3.05) is 18.9 Å². The summed E-state index contributed by atoms with van der Waals surface area (Å²) < 4.78 is 26.6. The second-order valence-corrected chi connectivity index (χ2v) is 20.2. The Labute approximate surface area is 260 Å². The molecule has 5 fully saturated rings. The van der Waals surface area contributed by atoms with E-state index in [1.54, 1.807) is 16.8 Å². The standard InChI is InChI=1S/C32H45ClN4O5Si/c1-7-32(19-40-43(5,6)30(2,3)4)24(15-25(42-32)37-10-8-23-26(34)35-28(33)36-27(23)37)41-29(38)39-11-9-31-16-20-12-21(17-31)14-22(13-20)18-31/h1,8,10,20-22,24-25H,9,11-19H2,2-6H3,(H2,34,35,36)/t20?,21?,22?,24-,25+,31?,32+/m0/s1. The maximum atomic E-state index is 13.2. The van der Waals surface area contributed by atoms with Crippen LogP contribution in [-0.2, 0) is 18.6 Å². The van der Waals surface area contributed by atoms with Gasteiger partial charge in [-0.1, -0.05) is 26.7 Å². The van der Waals surface area contributed by atoms with Crippen molar-refractivity contribution in [1.29, 1.82) is 0 Å². The molecule has 0 aromatic carbocycles. The van der Waals surface area contributed by atoms with Gasteiger partial charge in [0.2, 0.25) is 5.28 Å². The molecule has 4 saturated carbocycles. The smallest absolute Gasteiger partial charge is 0.434 e. The molecule has 11 heteroatoms. The van der Waals surface area contributed by atoms with Crippen molar-refractivity contribution in [1.82, 2.24) is 14.5 Å². The molecule has 7 rings (SSSR count). The SMILES string of the molecule is C#C[C@]1(CO[Si](C)(C)C(C)(C)C)O[C@@H](n2ccc3c(N)nc(Cl)nc32)C[C@@H]1OC(=O)OCCC12CC3CC(CC(C3)C1)C2. The number of rotatable bonds is 8. The normalized spacial score (nSPS) is 33.6.